The minimum atomic E-state index is -3.76. The Morgan fingerprint density at radius 1 is 1.22 bits per heavy atom. The Kier molecular flexibility index (Phi) is 4.46. The number of benzene rings is 1. The highest BCUT2D eigenvalue weighted by Gasteiger charge is 2.15. The Labute approximate surface area is 111 Å². The van der Waals surface area contributed by atoms with Crippen LogP contribution in [0.2, 0.25) is 5.02 Å². The molecule has 3 N–H and O–H groups in total. The van der Waals surface area contributed by atoms with E-state index < -0.39 is 31.4 Å². The van der Waals surface area contributed by atoms with Gasteiger partial charge in [0.1, 0.15) is 9.84 Å². The van der Waals surface area contributed by atoms with Crippen molar-refractivity contribution in [2.75, 3.05) is 28.2 Å². The van der Waals surface area contributed by atoms with Crippen molar-refractivity contribution < 1.29 is 16.8 Å². The van der Waals surface area contributed by atoms with Gasteiger partial charge in [-0.3, -0.25) is 4.72 Å². The molecule has 0 atom stereocenters. The van der Waals surface area contributed by atoms with E-state index in [1.165, 1.54) is 18.2 Å². The fourth-order valence-corrected chi connectivity index (χ4v) is 4.09. The summed E-state index contributed by atoms with van der Waals surface area (Å²) < 4.78 is 47.3. The maximum absolute atomic E-state index is 11.6. The van der Waals surface area contributed by atoms with Crippen molar-refractivity contribution in [2.45, 2.75) is 0 Å². The van der Waals surface area contributed by atoms with Crippen molar-refractivity contribution in [3.8, 4) is 0 Å². The molecule has 0 unspecified atom stereocenters. The normalized spacial score (nSPS) is 12.3. The third-order valence-corrected chi connectivity index (χ3v) is 4.77. The van der Waals surface area contributed by atoms with Gasteiger partial charge in [0, 0.05) is 11.9 Å². The van der Waals surface area contributed by atoms with Crippen LogP contribution in [0.5, 0.6) is 0 Å². The van der Waals surface area contributed by atoms with Gasteiger partial charge in [0.15, 0.2) is 0 Å². The van der Waals surface area contributed by atoms with Gasteiger partial charge in [-0.05, 0) is 18.2 Å². The molecule has 0 fully saturated rings. The van der Waals surface area contributed by atoms with Crippen LogP contribution in [0.1, 0.15) is 0 Å². The van der Waals surface area contributed by atoms with E-state index in [1.54, 1.807) is 0 Å². The highest BCUT2D eigenvalue weighted by molar-refractivity contribution is 7.95. The molecule has 0 bridgehead atoms. The number of hydrogen-bond donors (Lipinski definition) is 2. The molecular formula is C9H13ClN2O4S2. The molecule has 0 spiro atoms. The van der Waals surface area contributed by atoms with Crippen molar-refractivity contribution >= 4 is 42.8 Å². The van der Waals surface area contributed by atoms with Crippen LogP contribution in [0.15, 0.2) is 18.2 Å². The van der Waals surface area contributed by atoms with Crippen LogP contribution in [0.3, 0.4) is 0 Å². The number of anilines is 2. The molecule has 0 heterocycles. The molecule has 0 saturated heterocycles. The van der Waals surface area contributed by atoms with E-state index in [1.807, 2.05) is 0 Å². The van der Waals surface area contributed by atoms with Gasteiger partial charge >= 0.3 is 0 Å². The molecule has 9 heteroatoms. The van der Waals surface area contributed by atoms with Crippen LogP contribution in [0, 0.1) is 0 Å². The summed E-state index contributed by atoms with van der Waals surface area (Å²) in [5.41, 5.74) is 6.03. The van der Waals surface area contributed by atoms with E-state index >= 15 is 0 Å². The molecule has 0 aromatic heterocycles. The van der Waals surface area contributed by atoms with Crippen molar-refractivity contribution in [1.82, 2.24) is 0 Å². The predicted molar refractivity (Wildman–Crippen MR) is 73.0 cm³/mol. The largest absolute Gasteiger partial charge is 0.399 e. The Bertz CT molecular complexity index is 641. The fourth-order valence-electron chi connectivity index (χ4n) is 1.09. The molecule has 0 radical (unpaired) electrons. The van der Waals surface area contributed by atoms with Gasteiger partial charge in [0.05, 0.1) is 22.2 Å². The fraction of sp³-hybridized carbons (Fsp3) is 0.333. The lowest BCUT2D eigenvalue weighted by Gasteiger charge is -2.09. The lowest BCUT2D eigenvalue weighted by atomic mass is 10.3. The average molecular weight is 313 g/mol. The first-order valence-electron chi connectivity index (χ1n) is 4.82. The number of nitrogens with one attached hydrogen (secondary N) is 1. The van der Waals surface area contributed by atoms with Crippen molar-refractivity contribution in [1.29, 1.82) is 0 Å². The first-order valence-corrected chi connectivity index (χ1v) is 8.91. The van der Waals surface area contributed by atoms with Gasteiger partial charge in [-0.15, -0.1) is 0 Å². The molecule has 0 aliphatic heterocycles. The van der Waals surface area contributed by atoms with Crippen LogP contribution in [-0.4, -0.2) is 34.6 Å². The minimum absolute atomic E-state index is 0.151. The van der Waals surface area contributed by atoms with E-state index in [9.17, 15) is 16.8 Å². The van der Waals surface area contributed by atoms with Gasteiger partial charge in [0.2, 0.25) is 10.0 Å². The van der Waals surface area contributed by atoms with Gasteiger partial charge in [-0.25, -0.2) is 16.8 Å². The third kappa shape index (κ3) is 5.11. The van der Waals surface area contributed by atoms with Crippen molar-refractivity contribution in [2.24, 2.45) is 0 Å². The maximum Gasteiger partial charge on any atom is 0.233 e. The topological polar surface area (TPSA) is 106 Å². The highest BCUT2D eigenvalue weighted by atomic mass is 35.5. The van der Waals surface area contributed by atoms with Crippen LogP contribution in [0.4, 0.5) is 11.4 Å². The second kappa shape index (κ2) is 5.33. The molecule has 0 saturated carbocycles. The summed E-state index contributed by atoms with van der Waals surface area (Å²) in [6, 6.07) is 4.30. The number of sulfonamides is 1. The highest BCUT2D eigenvalue weighted by Crippen LogP contribution is 2.24. The van der Waals surface area contributed by atoms with E-state index in [2.05, 4.69) is 4.72 Å². The zero-order valence-corrected chi connectivity index (χ0v) is 11.9. The van der Waals surface area contributed by atoms with Gasteiger partial charge in [0.25, 0.3) is 0 Å². The molecule has 1 rings (SSSR count). The minimum Gasteiger partial charge on any atom is -0.399 e. The van der Waals surface area contributed by atoms with E-state index in [0.717, 1.165) is 6.26 Å². The van der Waals surface area contributed by atoms with E-state index in [-0.39, 0.29) is 10.7 Å². The van der Waals surface area contributed by atoms with Crippen LogP contribution in [0.25, 0.3) is 0 Å². The number of halogens is 1. The second-order valence-corrected chi connectivity index (χ2v) is 8.30. The summed E-state index contributed by atoms with van der Waals surface area (Å²) in [4.78, 5) is 0. The number of nitrogens with two attached hydrogens (primary N) is 1. The standard InChI is InChI=1S/C9H13ClN2O4S2/c1-17(13,14)4-5-18(15,16)12-9-3-2-7(11)6-8(9)10/h2-3,6,12H,4-5,11H2,1H3. The molecule has 18 heavy (non-hydrogen) atoms. The summed E-state index contributed by atoms with van der Waals surface area (Å²) >= 11 is 5.80. The van der Waals surface area contributed by atoms with E-state index in [4.69, 9.17) is 17.3 Å². The lowest BCUT2D eigenvalue weighted by molar-refractivity contribution is 0.593. The molecular weight excluding hydrogens is 300 g/mol. The lowest BCUT2D eigenvalue weighted by Crippen LogP contribution is -2.22. The quantitative estimate of drug-likeness (QED) is 0.779. The Balaban J connectivity index is 2.83. The Morgan fingerprint density at radius 2 is 1.83 bits per heavy atom. The molecule has 1 aromatic rings. The van der Waals surface area contributed by atoms with Crippen LogP contribution in [-0.2, 0) is 19.9 Å². The SMILES string of the molecule is CS(=O)(=O)CCS(=O)(=O)Nc1ccc(N)cc1Cl. The van der Waals surface area contributed by atoms with Crippen LogP contribution < -0.4 is 10.5 Å². The first kappa shape index (κ1) is 15.1. The molecule has 0 amide bonds. The summed E-state index contributed by atoms with van der Waals surface area (Å²) in [7, 11) is -7.10. The van der Waals surface area contributed by atoms with Crippen LogP contribution >= 0.6 is 11.6 Å². The third-order valence-electron chi connectivity index (χ3n) is 1.98. The Morgan fingerprint density at radius 3 is 2.33 bits per heavy atom. The predicted octanol–water partition coefficient (Wildman–Crippen LogP) is 0.708. The average Bonchev–Trinajstić information content (AvgIpc) is 2.19. The van der Waals surface area contributed by atoms with Crippen molar-refractivity contribution in [3.05, 3.63) is 23.2 Å². The molecule has 0 aliphatic rings. The number of sulfone groups is 1. The number of nitrogen functional groups attached to an aromatic ring is 1. The van der Waals surface area contributed by atoms with Gasteiger partial charge in [-0.2, -0.15) is 0 Å². The first-order chi connectivity index (χ1) is 8.09. The smallest absolute Gasteiger partial charge is 0.233 e. The maximum atomic E-state index is 11.6. The zero-order valence-electron chi connectivity index (χ0n) is 9.55. The molecule has 0 aliphatic carbocycles. The summed E-state index contributed by atoms with van der Waals surface area (Å²) in [5, 5.41) is 0.151. The summed E-state index contributed by atoms with van der Waals surface area (Å²) in [5.74, 6) is -0.971. The monoisotopic (exact) mass is 312 g/mol. The van der Waals surface area contributed by atoms with Crippen molar-refractivity contribution in [3.63, 3.8) is 0 Å². The zero-order chi connectivity index (χ0) is 14.0. The molecule has 1 aromatic carbocycles. The molecule has 6 nitrogen and oxygen atoms in total. The van der Waals surface area contributed by atoms with E-state index in [0.29, 0.717) is 5.69 Å². The molecule has 102 valence electrons. The van der Waals surface area contributed by atoms with Gasteiger partial charge < -0.3 is 5.73 Å². The second-order valence-electron chi connectivity index (χ2n) is 3.79. The summed E-state index contributed by atoms with van der Waals surface area (Å²) in [6.45, 7) is 0. The number of rotatable bonds is 5. The number of hydrogen-bond acceptors (Lipinski definition) is 5. The Hall–Kier alpha value is -0.990. The van der Waals surface area contributed by atoms with Gasteiger partial charge in [-0.1, -0.05) is 11.6 Å². The summed E-state index contributed by atoms with van der Waals surface area (Å²) in [6.07, 6.45) is 0.971.